The molecule has 2 heterocycles. The maximum atomic E-state index is 11.8. The molecule has 572 valence electrons. The predicted molar refractivity (Wildman–Crippen MR) is 446 cm³/mol. The fraction of sp³-hybridized carbons (Fsp3) is 0.587. The van der Waals surface area contributed by atoms with Gasteiger partial charge in [0.05, 0.1) is 17.9 Å². The zero-order chi connectivity index (χ0) is 78.7. The molecular formula is C92H140N2O9. The average Bonchev–Trinajstić information content (AvgIpc) is 1.76. The van der Waals surface area contributed by atoms with Gasteiger partial charge in [-0.3, -0.25) is 38.4 Å². The molecule has 1 saturated carbocycles. The minimum Gasteiger partial charge on any atom is -0.491 e. The fourth-order valence-electron chi connectivity index (χ4n) is 14.5. The van der Waals surface area contributed by atoms with E-state index in [2.05, 4.69) is 127 Å². The number of hydrogen-bond acceptors (Lipinski definition) is 11. The summed E-state index contributed by atoms with van der Waals surface area (Å²) < 4.78 is 5.79. The highest BCUT2D eigenvalue weighted by molar-refractivity contribution is 5.60. The quantitative estimate of drug-likeness (QED) is 0.0957. The molecule has 4 unspecified atom stereocenters. The van der Waals surface area contributed by atoms with Crippen LogP contribution in [0.5, 0.6) is 5.75 Å². The number of anilines is 2. The molecule has 0 N–H and O–H groups in total. The number of fused-ring (bicyclic) bond motifs is 4. The van der Waals surface area contributed by atoms with Crippen molar-refractivity contribution in [3.05, 3.63) is 238 Å². The minimum absolute atomic E-state index is 0.225. The van der Waals surface area contributed by atoms with Crippen LogP contribution in [0.25, 0.3) is 0 Å². The third-order valence-corrected chi connectivity index (χ3v) is 19.1. The zero-order valence-corrected chi connectivity index (χ0v) is 69.8. The molecule has 12 rings (SSSR count). The molecule has 0 saturated heterocycles. The molecule has 11 nitrogen and oxygen atoms in total. The van der Waals surface area contributed by atoms with Crippen molar-refractivity contribution in [3.8, 4) is 5.75 Å². The zero-order valence-electron chi connectivity index (χ0n) is 69.8. The first kappa shape index (κ1) is 93.9. The van der Waals surface area contributed by atoms with Crippen LogP contribution in [-0.2, 0) is 57.9 Å². The van der Waals surface area contributed by atoms with Gasteiger partial charge in [-0.05, 0) is 197 Å². The number of benzene rings is 3. The number of hydrogen-bond donors (Lipinski definition) is 0. The lowest BCUT2D eigenvalue weighted by Crippen LogP contribution is -2.43. The number of ether oxygens (including phenoxy) is 1. The van der Waals surface area contributed by atoms with Gasteiger partial charge in [-0.1, -0.05) is 245 Å². The Balaban J connectivity index is 0.000000643. The van der Waals surface area contributed by atoms with Gasteiger partial charge >= 0.3 is 0 Å². The standard InChI is InChI=1S/C20H26O2.C19H23NO2.C19H22O2.C18H21NO3.8C2H6/c1-12(2)9-14-7-8-15-5-4-6-16(18(15)10-14)11-17-13(3)19(21)20(17)22;1-12(2)10-14-4-5-15-6-8-20(9-7-16(15)11-14)17-13(3)18(21)19(17)22;1-11(2)8-13-4-5-14-6-7-15(17(14)9-13)10-16-12(3)18(20)19(16)21;1-11(2)8-13-4-5-15-14(9-13)10-19(6-7-22-15)16-12(3)17(20)18(16)21;8*1-2/h7-8,10,12,15-16,18H,4-6,9,11H2,1-3H3;4-5,11-12H,6-10H2,1-3H3;4-5,9,11,15H,6-8,10H2,1-3H3;4-5,9,11H,6-8,10H2,1-3H3;8*1-2H3. The Morgan fingerprint density at radius 2 is 0.854 bits per heavy atom. The largest absolute Gasteiger partial charge is 0.491 e. The monoisotopic (exact) mass is 1420 g/mol. The Morgan fingerprint density at radius 3 is 1.34 bits per heavy atom. The molecule has 0 radical (unpaired) electrons. The van der Waals surface area contributed by atoms with E-state index in [-0.39, 0.29) is 43.4 Å². The van der Waals surface area contributed by atoms with Crippen molar-refractivity contribution >= 4 is 11.4 Å². The van der Waals surface area contributed by atoms with Crippen molar-refractivity contribution < 1.29 is 4.74 Å². The molecule has 0 amide bonds. The molecule has 11 heteroatoms. The number of allylic oxidation sites excluding steroid dienone is 4. The highest BCUT2D eigenvalue weighted by Gasteiger charge is 2.35. The van der Waals surface area contributed by atoms with Gasteiger partial charge in [0.25, 0.3) is 0 Å². The lowest BCUT2D eigenvalue weighted by atomic mass is 9.67. The summed E-state index contributed by atoms with van der Waals surface area (Å²) in [6, 6.07) is 19.9. The molecular weight excluding hydrogens is 1280 g/mol. The second kappa shape index (κ2) is 48.1. The molecule has 4 atom stereocenters. The topological polar surface area (TPSA) is 152 Å². The van der Waals surface area contributed by atoms with Crippen molar-refractivity contribution in [2.45, 2.75) is 290 Å². The van der Waals surface area contributed by atoms with Crippen molar-refractivity contribution in [2.75, 3.05) is 36.0 Å². The molecule has 103 heavy (non-hydrogen) atoms. The van der Waals surface area contributed by atoms with Gasteiger partial charge in [0.2, 0.25) is 43.4 Å². The number of aryl methyl sites for hydroxylation is 1. The van der Waals surface area contributed by atoms with E-state index in [1.807, 2.05) is 122 Å². The Morgan fingerprint density at radius 1 is 0.417 bits per heavy atom. The van der Waals surface area contributed by atoms with E-state index in [0.29, 0.717) is 101 Å². The molecule has 0 bridgehead atoms. The second-order valence-electron chi connectivity index (χ2n) is 27.7. The van der Waals surface area contributed by atoms with Gasteiger partial charge in [-0.2, -0.15) is 0 Å². The van der Waals surface area contributed by atoms with E-state index in [1.165, 1.54) is 63.8 Å². The Hall–Kier alpha value is -7.14. The maximum Gasteiger partial charge on any atom is 0.249 e. The van der Waals surface area contributed by atoms with Crippen LogP contribution >= 0.6 is 0 Å². The van der Waals surface area contributed by atoms with Gasteiger partial charge in [-0.25, -0.2) is 0 Å². The van der Waals surface area contributed by atoms with E-state index >= 15 is 0 Å². The third kappa shape index (κ3) is 25.3. The summed E-state index contributed by atoms with van der Waals surface area (Å²) in [4.78, 5) is 96.8. The first-order chi connectivity index (χ1) is 49.4. The SMILES string of the molecule is CC.CC.CC.CC.CC.CC.CC.CC.Cc1c(CC2CCCC3C=CC(CC(C)C)=CC32)c(=O)c1=O.Cc1c(CC2CCc3ccc(CC(C)C)cc32)c(=O)c1=O.Cc1c(N2CCOc3ccc(CC(C)C)cc3C2)c(=O)c1=O.Cc1c(N2CCc3ccc(CC(C)C)cc3CC2)c(=O)c1=O. The number of rotatable bonds is 14. The van der Waals surface area contributed by atoms with Crippen LogP contribution in [0.2, 0.25) is 0 Å². The van der Waals surface area contributed by atoms with Crippen LogP contribution in [0, 0.1) is 69.1 Å². The van der Waals surface area contributed by atoms with Crippen LogP contribution < -0.4 is 58.0 Å². The average molecular weight is 1420 g/mol. The highest BCUT2D eigenvalue weighted by Crippen LogP contribution is 2.42. The van der Waals surface area contributed by atoms with Crippen molar-refractivity contribution in [1.29, 1.82) is 0 Å². The van der Waals surface area contributed by atoms with Gasteiger partial charge in [0.15, 0.2) is 0 Å². The normalized spacial score (nSPS) is 16.4. The van der Waals surface area contributed by atoms with Crippen LogP contribution in [0.1, 0.15) is 282 Å². The van der Waals surface area contributed by atoms with Crippen LogP contribution in [0.4, 0.5) is 11.4 Å². The lowest BCUT2D eigenvalue weighted by molar-refractivity contribution is 0.223. The summed E-state index contributed by atoms with van der Waals surface area (Å²) in [5.41, 5.74) is 15.3. The Kier molecular flexibility index (Phi) is 43.8. The summed E-state index contributed by atoms with van der Waals surface area (Å²) >= 11 is 0. The fourth-order valence-corrected chi connectivity index (χ4v) is 14.5. The van der Waals surface area contributed by atoms with Crippen LogP contribution in [-0.4, -0.2) is 26.2 Å². The molecule has 7 aromatic rings. The third-order valence-electron chi connectivity index (χ3n) is 19.1. The molecule has 2 aliphatic heterocycles. The smallest absolute Gasteiger partial charge is 0.249 e. The van der Waals surface area contributed by atoms with Gasteiger partial charge in [0.1, 0.15) is 12.4 Å². The minimum atomic E-state index is -0.362. The van der Waals surface area contributed by atoms with Crippen LogP contribution in [0.3, 0.4) is 0 Å². The van der Waals surface area contributed by atoms with Crippen molar-refractivity contribution in [1.82, 2.24) is 0 Å². The highest BCUT2D eigenvalue weighted by atomic mass is 16.5. The first-order valence-electron chi connectivity index (χ1n) is 40.4. The second-order valence-corrected chi connectivity index (χ2v) is 27.7. The van der Waals surface area contributed by atoms with Crippen molar-refractivity contribution in [3.63, 3.8) is 0 Å². The Bertz CT molecular complexity index is 4000. The first-order valence-corrected chi connectivity index (χ1v) is 40.4. The van der Waals surface area contributed by atoms with Crippen molar-refractivity contribution in [2.24, 2.45) is 41.4 Å². The van der Waals surface area contributed by atoms with Gasteiger partial charge in [-0.15, -0.1) is 0 Å². The van der Waals surface area contributed by atoms with Gasteiger partial charge < -0.3 is 14.5 Å². The molecule has 5 aliphatic rings. The summed E-state index contributed by atoms with van der Waals surface area (Å²) in [7, 11) is 0. The number of nitrogens with zero attached hydrogens (tertiary/aromatic N) is 2. The molecule has 3 aliphatic carbocycles. The van der Waals surface area contributed by atoms with E-state index in [4.69, 9.17) is 4.74 Å². The summed E-state index contributed by atoms with van der Waals surface area (Å²) in [5, 5.41) is 0. The van der Waals surface area contributed by atoms with Gasteiger partial charge in [0, 0.05) is 58.6 Å². The molecule has 0 aromatic heterocycles. The summed E-state index contributed by atoms with van der Waals surface area (Å²) in [6.45, 7) is 60.3. The Labute approximate surface area is 623 Å². The van der Waals surface area contributed by atoms with E-state index in [1.54, 1.807) is 27.7 Å². The van der Waals surface area contributed by atoms with E-state index in [0.717, 1.165) is 99.7 Å². The lowest BCUT2D eigenvalue weighted by Gasteiger charge is -2.38. The van der Waals surface area contributed by atoms with E-state index in [9.17, 15) is 38.4 Å². The summed E-state index contributed by atoms with van der Waals surface area (Å²) in [5.74, 6) is 5.57. The summed E-state index contributed by atoms with van der Waals surface area (Å²) in [6.07, 6.45) is 20.8. The molecule has 7 aromatic carbocycles. The predicted octanol–water partition coefficient (Wildman–Crippen LogP) is 19.6. The maximum absolute atomic E-state index is 11.8. The van der Waals surface area contributed by atoms with Crippen LogP contribution in [0.15, 0.2) is 117 Å². The molecule has 1 fully saturated rings. The van der Waals surface area contributed by atoms with E-state index < -0.39 is 0 Å². The molecule has 0 spiro atoms.